The summed E-state index contributed by atoms with van der Waals surface area (Å²) in [5.74, 6) is 1.80. The lowest BCUT2D eigenvalue weighted by atomic mass is 10.2. The third-order valence-electron chi connectivity index (χ3n) is 4.62. The summed E-state index contributed by atoms with van der Waals surface area (Å²) < 4.78 is 7.42. The third kappa shape index (κ3) is 5.03. The topological polar surface area (TPSA) is 54.7 Å². The van der Waals surface area contributed by atoms with E-state index in [0.29, 0.717) is 0 Å². The molecule has 1 heterocycles. The minimum atomic E-state index is 0.766. The maximum atomic E-state index is 5.23. The molecule has 0 radical (unpaired) electrons. The largest absolute Gasteiger partial charge is 0.497 e. The first kappa shape index (κ1) is 19.7. The fraction of sp³-hybridized carbons (Fsp3) is 0.364. The van der Waals surface area contributed by atoms with Crippen molar-refractivity contribution in [2.45, 2.75) is 26.4 Å². The molecule has 3 aromatic rings. The van der Waals surface area contributed by atoms with Crippen molar-refractivity contribution >= 4 is 17.0 Å². The number of hydrogen-bond acceptors (Lipinski definition) is 3. The molecule has 0 saturated carbocycles. The summed E-state index contributed by atoms with van der Waals surface area (Å²) in [6.45, 7) is 5.40. The highest BCUT2D eigenvalue weighted by atomic mass is 16.5. The molecule has 0 fully saturated rings. The van der Waals surface area contributed by atoms with Crippen molar-refractivity contribution in [3.63, 3.8) is 0 Å². The molecule has 6 nitrogen and oxygen atoms in total. The van der Waals surface area contributed by atoms with Crippen LogP contribution in [0.15, 0.2) is 59.9 Å². The molecule has 1 aromatic heterocycles. The molecule has 3 rings (SSSR count). The van der Waals surface area contributed by atoms with Crippen molar-refractivity contribution in [3.8, 4) is 5.75 Å². The van der Waals surface area contributed by atoms with Gasteiger partial charge >= 0.3 is 0 Å². The van der Waals surface area contributed by atoms with E-state index in [9.17, 15) is 0 Å². The predicted molar refractivity (Wildman–Crippen MR) is 115 cm³/mol. The number of ether oxygens (including phenoxy) is 1. The molecule has 0 aliphatic heterocycles. The van der Waals surface area contributed by atoms with Gasteiger partial charge in [-0.1, -0.05) is 24.3 Å². The lowest BCUT2D eigenvalue weighted by Crippen LogP contribution is -2.38. The van der Waals surface area contributed by atoms with Gasteiger partial charge < -0.3 is 19.5 Å². The van der Waals surface area contributed by atoms with Crippen LogP contribution in [0.3, 0.4) is 0 Å². The number of guanidine groups is 1. The lowest BCUT2D eigenvalue weighted by Gasteiger charge is -2.22. The van der Waals surface area contributed by atoms with E-state index in [4.69, 9.17) is 9.73 Å². The standard InChI is InChI=1S/C22H29N5O/c1-4-23-22(26(2)16-18-10-12-19(28-3)13-11-18)24-14-7-15-27-17-25-20-8-5-6-9-21(20)27/h5-6,8-13,17H,4,7,14-16H2,1-3H3,(H,23,24). The van der Waals surface area contributed by atoms with Crippen LogP contribution in [0.4, 0.5) is 0 Å². The number of aryl methyl sites for hydroxylation is 1. The van der Waals surface area contributed by atoms with Crippen LogP contribution in [0, 0.1) is 0 Å². The SMILES string of the molecule is CCNC(=NCCCn1cnc2ccccc21)N(C)Cc1ccc(OC)cc1. The monoisotopic (exact) mass is 379 g/mol. The molecule has 0 amide bonds. The summed E-state index contributed by atoms with van der Waals surface area (Å²) in [6, 6.07) is 16.4. The van der Waals surface area contributed by atoms with E-state index in [-0.39, 0.29) is 0 Å². The first-order valence-electron chi connectivity index (χ1n) is 9.73. The minimum absolute atomic E-state index is 0.766. The molecular formula is C22H29N5O. The molecule has 0 aliphatic carbocycles. The Kier molecular flexibility index (Phi) is 6.89. The molecule has 28 heavy (non-hydrogen) atoms. The molecule has 0 saturated heterocycles. The number of nitrogens with zero attached hydrogens (tertiary/aromatic N) is 4. The third-order valence-corrected chi connectivity index (χ3v) is 4.62. The fourth-order valence-corrected chi connectivity index (χ4v) is 3.16. The second kappa shape index (κ2) is 9.78. The molecule has 0 aliphatic rings. The number of rotatable bonds is 8. The van der Waals surface area contributed by atoms with Crippen LogP contribution in [-0.2, 0) is 13.1 Å². The summed E-state index contributed by atoms with van der Waals surface area (Å²) in [6.07, 6.45) is 2.88. The van der Waals surface area contributed by atoms with Crippen molar-refractivity contribution in [3.05, 3.63) is 60.4 Å². The Morgan fingerprint density at radius 2 is 1.96 bits per heavy atom. The van der Waals surface area contributed by atoms with E-state index in [2.05, 4.69) is 58.0 Å². The Morgan fingerprint density at radius 3 is 2.71 bits per heavy atom. The van der Waals surface area contributed by atoms with Crippen molar-refractivity contribution in [2.24, 2.45) is 4.99 Å². The highest BCUT2D eigenvalue weighted by molar-refractivity contribution is 5.79. The number of nitrogens with one attached hydrogen (secondary N) is 1. The first-order chi connectivity index (χ1) is 13.7. The van der Waals surface area contributed by atoms with E-state index in [0.717, 1.165) is 49.8 Å². The highest BCUT2D eigenvalue weighted by Crippen LogP contribution is 2.13. The number of benzene rings is 2. The zero-order valence-corrected chi connectivity index (χ0v) is 16.9. The number of para-hydroxylation sites is 2. The fourth-order valence-electron chi connectivity index (χ4n) is 3.16. The normalized spacial score (nSPS) is 11.6. The van der Waals surface area contributed by atoms with E-state index in [1.54, 1.807) is 7.11 Å². The van der Waals surface area contributed by atoms with E-state index >= 15 is 0 Å². The summed E-state index contributed by atoms with van der Waals surface area (Å²) in [5, 5.41) is 3.38. The number of fused-ring (bicyclic) bond motifs is 1. The van der Waals surface area contributed by atoms with Gasteiger partial charge in [-0.3, -0.25) is 4.99 Å². The van der Waals surface area contributed by atoms with Crippen LogP contribution in [-0.4, -0.2) is 47.7 Å². The Labute approximate surface area is 166 Å². The van der Waals surface area contributed by atoms with Gasteiger partial charge in [0.1, 0.15) is 5.75 Å². The summed E-state index contributed by atoms with van der Waals surface area (Å²) in [4.78, 5) is 11.4. The van der Waals surface area contributed by atoms with Crippen LogP contribution in [0.25, 0.3) is 11.0 Å². The van der Waals surface area contributed by atoms with E-state index in [1.807, 2.05) is 30.6 Å². The Bertz CT molecular complexity index is 901. The summed E-state index contributed by atoms with van der Waals surface area (Å²) in [7, 11) is 3.75. The van der Waals surface area contributed by atoms with Crippen LogP contribution in [0.5, 0.6) is 5.75 Å². The average Bonchev–Trinajstić information content (AvgIpc) is 3.14. The Morgan fingerprint density at radius 1 is 1.18 bits per heavy atom. The van der Waals surface area contributed by atoms with Gasteiger partial charge in [-0.25, -0.2) is 4.98 Å². The predicted octanol–water partition coefficient (Wildman–Crippen LogP) is 3.53. The van der Waals surface area contributed by atoms with E-state index < -0.39 is 0 Å². The van der Waals surface area contributed by atoms with Gasteiger partial charge in [-0.05, 0) is 43.2 Å². The van der Waals surface area contributed by atoms with Gasteiger partial charge in [-0.2, -0.15) is 0 Å². The molecule has 148 valence electrons. The number of hydrogen-bond donors (Lipinski definition) is 1. The minimum Gasteiger partial charge on any atom is -0.497 e. The zero-order chi connectivity index (χ0) is 19.8. The van der Waals surface area contributed by atoms with Gasteiger partial charge in [0.2, 0.25) is 0 Å². The molecule has 0 atom stereocenters. The lowest BCUT2D eigenvalue weighted by molar-refractivity contribution is 0.414. The molecule has 6 heteroatoms. The van der Waals surface area contributed by atoms with Crippen LogP contribution >= 0.6 is 0 Å². The Balaban J connectivity index is 1.56. The van der Waals surface area contributed by atoms with Crippen LogP contribution < -0.4 is 10.1 Å². The second-order valence-corrected chi connectivity index (χ2v) is 6.72. The molecule has 0 unspecified atom stereocenters. The number of aliphatic imine (C=N–C) groups is 1. The van der Waals surface area contributed by atoms with Crippen molar-refractivity contribution < 1.29 is 4.74 Å². The second-order valence-electron chi connectivity index (χ2n) is 6.72. The quantitative estimate of drug-likeness (QED) is 0.370. The number of imidazole rings is 1. The van der Waals surface area contributed by atoms with Crippen LogP contribution in [0.2, 0.25) is 0 Å². The summed E-state index contributed by atoms with van der Waals surface area (Å²) >= 11 is 0. The molecule has 1 N–H and O–H groups in total. The van der Waals surface area contributed by atoms with Crippen molar-refractivity contribution in [2.75, 3.05) is 27.2 Å². The van der Waals surface area contributed by atoms with Crippen molar-refractivity contribution in [1.82, 2.24) is 19.8 Å². The smallest absolute Gasteiger partial charge is 0.193 e. The molecule has 0 bridgehead atoms. The maximum absolute atomic E-state index is 5.23. The zero-order valence-electron chi connectivity index (χ0n) is 16.9. The molecule has 0 spiro atoms. The summed E-state index contributed by atoms with van der Waals surface area (Å²) in [5.41, 5.74) is 3.44. The van der Waals surface area contributed by atoms with Gasteiger partial charge in [0.25, 0.3) is 0 Å². The van der Waals surface area contributed by atoms with E-state index in [1.165, 1.54) is 11.1 Å². The van der Waals surface area contributed by atoms with Gasteiger partial charge in [0, 0.05) is 33.2 Å². The number of methoxy groups -OCH3 is 1. The first-order valence-corrected chi connectivity index (χ1v) is 9.73. The number of aromatic nitrogens is 2. The van der Waals surface area contributed by atoms with Gasteiger partial charge in [0.15, 0.2) is 5.96 Å². The molecule has 2 aromatic carbocycles. The molecular weight excluding hydrogens is 350 g/mol. The van der Waals surface area contributed by atoms with Gasteiger partial charge in [0.05, 0.1) is 24.5 Å². The average molecular weight is 380 g/mol. The van der Waals surface area contributed by atoms with Crippen molar-refractivity contribution in [1.29, 1.82) is 0 Å². The maximum Gasteiger partial charge on any atom is 0.193 e. The Hall–Kier alpha value is -3.02. The van der Waals surface area contributed by atoms with Gasteiger partial charge in [-0.15, -0.1) is 0 Å². The van der Waals surface area contributed by atoms with Crippen LogP contribution in [0.1, 0.15) is 18.9 Å². The highest BCUT2D eigenvalue weighted by Gasteiger charge is 2.07.